The number of rotatable bonds is 4. The van der Waals surface area contributed by atoms with E-state index in [1.807, 2.05) is 0 Å². The van der Waals surface area contributed by atoms with Crippen molar-refractivity contribution in [2.24, 2.45) is 0 Å². The van der Waals surface area contributed by atoms with Crippen molar-refractivity contribution in [1.29, 1.82) is 0 Å². The number of nitrogens with zero attached hydrogens (tertiary/aromatic N) is 3. The van der Waals surface area contributed by atoms with Crippen LogP contribution in [0.3, 0.4) is 0 Å². The SMILES string of the molecule is CCCc1nccn1-c1ncc(F)cc1CO. The monoisotopic (exact) mass is 235 g/mol. The molecule has 0 fully saturated rings. The largest absolute Gasteiger partial charge is 0.392 e. The highest BCUT2D eigenvalue weighted by Crippen LogP contribution is 2.15. The Kier molecular flexibility index (Phi) is 3.49. The first-order valence-electron chi connectivity index (χ1n) is 5.54. The van der Waals surface area contributed by atoms with E-state index < -0.39 is 5.82 Å². The molecule has 5 heteroatoms. The van der Waals surface area contributed by atoms with Crippen LogP contribution in [0.4, 0.5) is 4.39 Å². The molecule has 4 nitrogen and oxygen atoms in total. The standard InChI is InChI=1S/C12H14FN3O/c1-2-3-11-14-4-5-16(11)12-9(8-17)6-10(13)7-15-12/h4-7,17H,2-3,8H2,1H3. The Balaban J connectivity index is 2.48. The highest BCUT2D eigenvalue weighted by Gasteiger charge is 2.10. The molecule has 90 valence electrons. The molecule has 2 aromatic rings. The van der Waals surface area contributed by atoms with Gasteiger partial charge in [0, 0.05) is 24.4 Å². The number of aryl methyl sites for hydroxylation is 1. The van der Waals surface area contributed by atoms with E-state index in [0.717, 1.165) is 24.9 Å². The molecule has 17 heavy (non-hydrogen) atoms. The number of hydrogen-bond acceptors (Lipinski definition) is 3. The summed E-state index contributed by atoms with van der Waals surface area (Å²) in [5, 5.41) is 9.22. The number of aliphatic hydroxyl groups excluding tert-OH is 1. The van der Waals surface area contributed by atoms with Crippen molar-refractivity contribution in [2.45, 2.75) is 26.4 Å². The summed E-state index contributed by atoms with van der Waals surface area (Å²) in [6.07, 6.45) is 6.37. The molecule has 0 saturated carbocycles. The van der Waals surface area contributed by atoms with Gasteiger partial charge in [-0.3, -0.25) is 4.57 Å². The Hall–Kier alpha value is -1.75. The zero-order chi connectivity index (χ0) is 12.3. The molecule has 0 bridgehead atoms. The lowest BCUT2D eigenvalue weighted by Gasteiger charge is -2.10. The van der Waals surface area contributed by atoms with Crippen LogP contribution in [0.2, 0.25) is 0 Å². The number of hydrogen-bond donors (Lipinski definition) is 1. The lowest BCUT2D eigenvalue weighted by molar-refractivity contribution is 0.280. The summed E-state index contributed by atoms with van der Waals surface area (Å²) < 4.78 is 14.8. The molecule has 0 saturated heterocycles. The second kappa shape index (κ2) is 5.05. The maximum absolute atomic E-state index is 13.0. The molecule has 2 heterocycles. The van der Waals surface area contributed by atoms with Gasteiger partial charge in [-0.1, -0.05) is 6.92 Å². The van der Waals surface area contributed by atoms with E-state index in [-0.39, 0.29) is 6.61 Å². The van der Waals surface area contributed by atoms with Gasteiger partial charge in [0.1, 0.15) is 17.5 Å². The van der Waals surface area contributed by atoms with Gasteiger partial charge in [0.25, 0.3) is 0 Å². The first-order chi connectivity index (χ1) is 8.26. The molecule has 1 N–H and O–H groups in total. The first kappa shape index (κ1) is 11.7. The maximum atomic E-state index is 13.0. The Bertz CT molecular complexity index is 510. The van der Waals surface area contributed by atoms with Gasteiger partial charge in [-0.05, 0) is 12.5 Å². The summed E-state index contributed by atoms with van der Waals surface area (Å²) >= 11 is 0. The van der Waals surface area contributed by atoms with Gasteiger partial charge in [-0.2, -0.15) is 0 Å². The van der Waals surface area contributed by atoms with E-state index in [2.05, 4.69) is 16.9 Å². The smallest absolute Gasteiger partial charge is 0.143 e. The molecular formula is C12H14FN3O. The molecule has 0 aliphatic heterocycles. The summed E-state index contributed by atoms with van der Waals surface area (Å²) in [5.41, 5.74) is 0.459. The van der Waals surface area contributed by atoms with Crippen molar-refractivity contribution in [3.63, 3.8) is 0 Å². The molecule has 0 aliphatic carbocycles. The lowest BCUT2D eigenvalue weighted by atomic mass is 10.2. The molecule has 0 amide bonds. The molecule has 0 unspecified atom stereocenters. The minimum atomic E-state index is -0.449. The zero-order valence-electron chi connectivity index (χ0n) is 9.60. The third-order valence-corrected chi connectivity index (χ3v) is 2.50. The molecular weight excluding hydrogens is 221 g/mol. The van der Waals surface area contributed by atoms with Gasteiger partial charge in [0.05, 0.1) is 12.8 Å². The first-order valence-corrected chi connectivity index (χ1v) is 5.54. The van der Waals surface area contributed by atoms with Crippen LogP contribution in [-0.4, -0.2) is 19.6 Å². The number of pyridine rings is 1. The van der Waals surface area contributed by atoms with Gasteiger partial charge in [0.15, 0.2) is 0 Å². The average molecular weight is 235 g/mol. The minimum absolute atomic E-state index is 0.246. The Labute approximate surface area is 98.8 Å². The van der Waals surface area contributed by atoms with E-state index in [1.54, 1.807) is 17.0 Å². The Morgan fingerprint density at radius 1 is 1.41 bits per heavy atom. The number of aromatic nitrogens is 3. The summed E-state index contributed by atoms with van der Waals surface area (Å²) in [5.74, 6) is 0.950. The van der Waals surface area contributed by atoms with Gasteiger partial charge >= 0.3 is 0 Å². The third kappa shape index (κ3) is 2.34. The van der Waals surface area contributed by atoms with Crippen molar-refractivity contribution in [3.8, 4) is 5.82 Å². The van der Waals surface area contributed by atoms with Gasteiger partial charge < -0.3 is 5.11 Å². The normalized spacial score (nSPS) is 10.8. The van der Waals surface area contributed by atoms with Crippen LogP contribution in [0, 0.1) is 5.82 Å². The molecule has 0 atom stereocenters. The molecule has 2 aromatic heterocycles. The van der Waals surface area contributed by atoms with Crippen LogP contribution in [0.15, 0.2) is 24.7 Å². The highest BCUT2D eigenvalue weighted by atomic mass is 19.1. The maximum Gasteiger partial charge on any atom is 0.143 e. The minimum Gasteiger partial charge on any atom is -0.392 e. The fourth-order valence-electron chi connectivity index (χ4n) is 1.74. The van der Waals surface area contributed by atoms with Gasteiger partial charge in [0.2, 0.25) is 0 Å². The third-order valence-electron chi connectivity index (χ3n) is 2.50. The topological polar surface area (TPSA) is 50.9 Å². The second-order valence-electron chi connectivity index (χ2n) is 3.76. The summed E-state index contributed by atoms with van der Waals surface area (Å²) in [6, 6.07) is 1.29. The van der Waals surface area contributed by atoms with Crippen LogP contribution >= 0.6 is 0 Å². The lowest BCUT2D eigenvalue weighted by Crippen LogP contribution is -2.06. The summed E-state index contributed by atoms with van der Waals surface area (Å²) in [4.78, 5) is 8.25. The highest BCUT2D eigenvalue weighted by molar-refractivity contribution is 5.34. The average Bonchev–Trinajstić information content (AvgIpc) is 2.77. The van der Waals surface area contributed by atoms with E-state index >= 15 is 0 Å². The Morgan fingerprint density at radius 2 is 2.24 bits per heavy atom. The van der Waals surface area contributed by atoms with E-state index in [9.17, 15) is 9.50 Å². The van der Waals surface area contributed by atoms with Gasteiger partial charge in [-0.25, -0.2) is 14.4 Å². The van der Waals surface area contributed by atoms with Gasteiger partial charge in [-0.15, -0.1) is 0 Å². The van der Waals surface area contributed by atoms with Crippen LogP contribution in [0.5, 0.6) is 0 Å². The van der Waals surface area contributed by atoms with Crippen LogP contribution < -0.4 is 0 Å². The summed E-state index contributed by atoms with van der Waals surface area (Å²) in [6.45, 7) is 1.81. The predicted octanol–water partition coefficient (Wildman–Crippen LogP) is 1.85. The number of aliphatic hydroxyl groups is 1. The van der Waals surface area contributed by atoms with E-state index in [1.165, 1.54) is 6.07 Å². The molecule has 0 radical (unpaired) electrons. The molecule has 0 aliphatic rings. The van der Waals surface area contributed by atoms with Crippen LogP contribution in [0.25, 0.3) is 5.82 Å². The number of halogens is 1. The fourth-order valence-corrected chi connectivity index (χ4v) is 1.74. The van der Waals surface area contributed by atoms with Crippen molar-refractivity contribution in [2.75, 3.05) is 0 Å². The van der Waals surface area contributed by atoms with Crippen molar-refractivity contribution >= 4 is 0 Å². The van der Waals surface area contributed by atoms with Crippen molar-refractivity contribution < 1.29 is 9.50 Å². The van der Waals surface area contributed by atoms with Crippen molar-refractivity contribution in [3.05, 3.63) is 41.9 Å². The molecule has 2 rings (SSSR count). The molecule has 0 aromatic carbocycles. The van der Waals surface area contributed by atoms with E-state index in [0.29, 0.717) is 11.4 Å². The summed E-state index contributed by atoms with van der Waals surface area (Å²) in [7, 11) is 0. The zero-order valence-corrected chi connectivity index (χ0v) is 9.60. The predicted molar refractivity (Wildman–Crippen MR) is 61.2 cm³/mol. The Morgan fingerprint density at radius 3 is 2.94 bits per heavy atom. The fraction of sp³-hybridized carbons (Fsp3) is 0.333. The molecule has 0 spiro atoms. The quantitative estimate of drug-likeness (QED) is 0.879. The van der Waals surface area contributed by atoms with Crippen molar-refractivity contribution in [1.82, 2.24) is 14.5 Å². The second-order valence-corrected chi connectivity index (χ2v) is 3.76. The van der Waals surface area contributed by atoms with E-state index in [4.69, 9.17) is 0 Å². The van der Waals surface area contributed by atoms with Crippen LogP contribution in [-0.2, 0) is 13.0 Å². The van der Waals surface area contributed by atoms with Crippen LogP contribution in [0.1, 0.15) is 24.7 Å². The number of imidazole rings is 1.